The molecule has 1 atom stereocenters. The van der Waals surface area contributed by atoms with Gasteiger partial charge in [-0.1, -0.05) is 23.7 Å². The first-order valence-corrected chi connectivity index (χ1v) is 9.45. The summed E-state index contributed by atoms with van der Waals surface area (Å²) in [7, 11) is 0. The molecule has 3 heterocycles. The first kappa shape index (κ1) is 18.3. The van der Waals surface area contributed by atoms with Crippen molar-refractivity contribution < 1.29 is 19.1 Å². The zero-order valence-corrected chi connectivity index (χ0v) is 15.7. The van der Waals surface area contributed by atoms with Crippen LogP contribution in [0.2, 0.25) is 5.02 Å². The number of carbonyl (C=O) groups excluding carboxylic acids is 2. The van der Waals surface area contributed by atoms with Gasteiger partial charge < -0.3 is 5.11 Å². The average molecular weight is 415 g/mol. The van der Waals surface area contributed by atoms with Crippen molar-refractivity contribution in [3.05, 3.63) is 92.9 Å². The summed E-state index contributed by atoms with van der Waals surface area (Å²) >= 11 is 7.08. The number of pyridine rings is 1. The Labute approximate surface area is 168 Å². The van der Waals surface area contributed by atoms with Gasteiger partial charge in [-0.25, -0.2) is 4.39 Å². The van der Waals surface area contributed by atoms with Gasteiger partial charge in [-0.2, -0.15) is 0 Å². The summed E-state index contributed by atoms with van der Waals surface area (Å²) in [5, 5.41) is 12.1. The van der Waals surface area contributed by atoms with Gasteiger partial charge in [0.2, 0.25) is 5.78 Å². The largest absolute Gasteiger partial charge is 0.503 e. The summed E-state index contributed by atoms with van der Waals surface area (Å²) in [5.41, 5.74) is 0.555. The molecule has 0 spiro atoms. The van der Waals surface area contributed by atoms with E-state index < -0.39 is 29.3 Å². The molecule has 28 heavy (non-hydrogen) atoms. The van der Waals surface area contributed by atoms with Crippen molar-refractivity contribution in [1.82, 2.24) is 4.98 Å². The van der Waals surface area contributed by atoms with Crippen molar-refractivity contribution in [1.29, 1.82) is 0 Å². The Balaban J connectivity index is 1.89. The number of rotatable bonds is 4. The van der Waals surface area contributed by atoms with Crippen LogP contribution in [0.5, 0.6) is 0 Å². The van der Waals surface area contributed by atoms with Crippen LogP contribution >= 0.6 is 22.9 Å². The quantitative estimate of drug-likeness (QED) is 0.627. The molecule has 0 aliphatic carbocycles. The average Bonchev–Trinajstić information content (AvgIpc) is 3.32. The number of nitrogens with zero attached hydrogens (tertiary/aromatic N) is 2. The number of carbonyl (C=O) groups is 2. The van der Waals surface area contributed by atoms with E-state index in [2.05, 4.69) is 4.98 Å². The van der Waals surface area contributed by atoms with Gasteiger partial charge >= 0.3 is 0 Å². The molecule has 1 aliphatic rings. The number of ketones is 1. The first-order chi connectivity index (χ1) is 13.5. The van der Waals surface area contributed by atoms with E-state index in [1.807, 2.05) is 0 Å². The number of benzene rings is 1. The van der Waals surface area contributed by atoms with E-state index in [1.54, 1.807) is 35.7 Å². The van der Waals surface area contributed by atoms with Gasteiger partial charge in [0.25, 0.3) is 5.91 Å². The van der Waals surface area contributed by atoms with Gasteiger partial charge in [-0.15, -0.1) is 11.3 Å². The van der Waals surface area contributed by atoms with Crippen LogP contribution < -0.4 is 4.90 Å². The maximum atomic E-state index is 13.6. The predicted octanol–water partition coefficient (Wildman–Crippen LogP) is 4.72. The number of aliphatic hydroxyl groups excluding tert-OH is 1. The summed E-state index contributed by atoms with van der Waals surface area (Å²) in [5.74, 6) is -2.54. The maximum absolute atomic E-state index is 13.6. The second-order valence-electron chi connectivity index (χ2n) is 6.00. The topological polar surface area (TPSA) is 70.5 Å². The third-order valence-electron chi connectivity index (χ3n) is 4.35. The molecule has 0 bridgehead atoms. The lowest BCUT2D eigenvalue weighted by molar-refractivity contribution is -0.117. The molecule has 1 N–H and O–H groups in total. The van der Waals surface area contributed by atoms with Crippen molar-refractivity contribution in [2.45, 2.75) is 6.04 Å². The number of anilines is 1. The normalized spacial score (nSPS) is 16.7. The molecule has 1 aliphatic heterocycles. The van der Waals surface area contributed by atoms with Crippen LogP contribution in [0.1, 0.15) is 21.4 Å². The smallest absolute Gasteiger partial charge is 0.294 e. The second-order valence-corrected chi connectivity index (χ2v) is 7.35. The van der Waals surface area contributed by atoms with E-state index in [0.717, 1.165) is 6.07 Å². The number of halogens is 2. The monoisotopic (exact) mass is 414 g/mol. The van der Waals surface area contributed by atoms with Crippen LogP contribution in [0.15, 0.2) is 71.4 Å². The fourth-order valence-electron chi connectivity index (χ4n) is 3.10. The second kappa shape index (κ2) is 7.18. The molecule has 0 radical (unpaired) electrons. The Morgan fingerprint density at radius 1 is 1.21 bits per heavy atom. The van der Waals surface area contributed by atoms with Crippen LogP contribution in [0.3, 0.4) is 0 Å². The molecular weight excluding hydrogens is 403 g/mol. The van der Waals surface area contributed by atoms with E-state index in [4.69, 9.17) is 11.6 Å². The zero-order valence-electron chi connectivity index (χ0n) is 14.2. The lowest BCUT2D eigenvalue weighted by Crippen LogP contribution is -2.31. The molecule has 3 aromatic rings. The Morgan fingerprint density at radius 2 is 2.04 bits per heavy atom. The molecule has 1 unspecified atom stereocenters. The molecule has 5 nitrogen and oxygen atoms in total. The van der Waals surface area contributed by atoms with Crippen LogP contribution in [0, 0.1) is 5.82 Å². The number of aliphatic hydroxyl groups is 1. The van der Waals surface area contributed by atoms with Crippen molar-refractivity contribution in [2.24, 2.45) is 0 Å². The molecule has 8 heteroatoms. The van der Waals surface area contributed by atoms with Crippen LogP contribution in [-0.2, 0) is 4.79 Å². The number of amides is 1. The van der Waals surface area contributed by atoms with Crippen LogP contribution in [0.4, 0.5) is 10.1 Å². The van der Waals surface area contributed by atoms with E-state index in [0.29, 0.717) is 10.6 Å². The Bertz CT molecular complexity index is 1100. The number of hydrogen-bond acceptors (Lipinski definition) is 5. The third-order valence-corrected chi connectivity index (χ3v) is 5.51. The molecule has 1 aromatic carbocycles. The minimum atomic E-state index is -0.968. The highest BCUT2D eigenvalue weighted by atomic mass is 35.5. The summed E-state index contributed by atoms with van der Waals surface area (Å²) < 4.78 is 13.6. The highest BCUT2D eigenvalue weighted by molar-refractivity contribution is 7.12. The van der Waals surface area contributed by atoms with Crippen molar-refractivity contribution in [3.8, 4) is 0 Å². The van der Waals surface area contributed by atoms with E-state index in [9.17, 15) is 19.1 Å². The molecule has 0 saturated heterocycles. The molecule has 1 amide bonds. The Kier molecular flexibility index (Phi) is 4.70. The lowest BCUT2D eigenvalue weighted by atomic mass is 9.98. The van der Waals surface area contributed by atoms with Gasteiger partial charge in [0.05, 0.1) is 21.2 Å². The SMILES string of the molecule is O=C(C1=C(O)C(=O)N(c2ccc(F)c(Cl)c2)C1c1ccccn1)c1cccs1. The van der Waals surface area contributed by atoms with Gasteiger partial charge in [-0.3, -0.25) is 19.5 Å². The van der Waals surface area contributed by atoms with Crippen molar-refractivity contribution in [2.75, 3.05) is 4.90 Å². The third kappa shape index (κ3) is 2.98. The Morgan fingerprint density at radius 3 is 2.68 bits per heavy atom. The van der Waals surface area contributed by atoms with Crippen molar-refractivity contribution >= 4 is 40.3 Å². The van der Waals surface area contributed by atoms with Gasteiger partial charge in [0.15, 0.2) is 5.76 Å². The van der Waals surface area contributed by atoms with Crippen LogP contribution in [0.25, 0.3) is 0 Å². The minimum Gasteiger partial charge on any atom is -0.503 e. The number of aromatic nitrogens is 1. The molecule has 0 saturated carbocycles. The highest BCUT2D eigenvalue weighted by Crippen LogP contribution is 2.42. The minimum absolute atomic E-state index is 0.0772. The number of thiophene rings is 1. The summed E-state index contributed by atoms with van der Waals surface area (Å²) in [6.45, 7) is 0. The van der Waals surface area contributed by atoms with E-state index >= 15 is 0 Å². The lowest BCUT2D eigenvalue weighted by Gasteiger charge is -2.26. The van der Waals surface area contributed by atoms with E-state index in [1.165, 1.54) is 34.6 Å². The van der Waals surface area contributed by atoms with Gasteiger partial charge in [0.1, 0.15) is 11.9 Å². The van der Waals surface area contributed by atoms with Gasteiger partial charge in [0, 0.05) is 11.9 Å². The van der Waals surface area contributed by atoms with Crippen LogP contribution in [-0.4, -0.2) is 21.8 Å². The first-order valence-electron chi connectivity index (χ1n) is 8.20. The summed E-state index contributed by atoms with van der Waals surface area (Å²) in [4.78, 5) is 31.8. The van der Waals surface area contributed by atoms with E-state index in [-0.39, 0.29) is 16.3 Å². The predicted molar refractivity (Wildman–Crippen MR) is 104 cm³/mol. The fraction of sp³-hybridized carbons (Fsp3) is 0.0500. The Hall–Kier alpha value is -3.03. The summed E-state index contributed by atoms with van der Waals surface area (Å²) in [6.07, 6.45) is 1.53. The van der Waals surface area contributed by atoms with Gasteiger partial charge in [-0.05, 0) is 41.8 Å². The molecule has 0 fully saturated rings. The highest BCUT2D eigenvalue weighted by Gasteiger charge is 2.45. The van der Waals surface area contributed by atoms with Crippen molar-refractivity contribution in [3.63, 3.8) is 0 Å². The summed E-state index contributed by atoms with van der Waals surface area (Å²) in [6, 6.07) is 11.2. The number of Topliss-reactive ketones (excluding diaryl/α,β-unsaturated/α-hetero) is 1. The molecular formula is C20H12ClFN2O3S. The molecule has 2 aromatic heterocycles. The zero-order chi connectivity index (χ0) is 19.8. The number of hydrogen-bond donors (Lipinski definition) is 1. The molecule has 140 valence electrons. The molecule has 4 rings (SSSR count). The fourth-order valence-corrected chi connectivity index (χ4v) is 3.95. The standard InChI is InChI=1S/C20H12ClFN2O3S/c21-12-10-11(6-7-13(12)22)24-17(14-4-1-2-8-23-14)16(19(26)20(24)27)18(25)15-5-3-9-28-15/h1-10,17,26H. The maximum Gasteiger partial charge on any atom is 0.294 e.